The second-order valence-electron chi connectivity index (χ2n) is 5.21. The molecule has 0 radical (unpaired) electrons. The van der Waals surface area contributed by atoms with Crippen molar-refractivity contribution in [2.75, 3.05) is 6.54 Å². The van der Waals surface area contributed by atoms with Crippen molar-refractivity contribution in [2.45, 2.75) is 59.2 Å². The standard InChI is InChI=1S/C17H28N2O2/c1-5-15(6-2)19-17(20)13(4)21-16-10-8-9-14(11-16)12-18-7-3/h8-11,13,15,18H,5-7,12H2,1-4H3,(H,19,20). The molecule has 118 valence electrons. The molecular weight excluding hydrogens is 264 g/mol. The van der Waals surface area contributed by atoms with E-state index in [4.69, 9.17) is 4.74 Å². The van der Waals surface area contributed by atoms with Crippen molar-refractivity contribution in [1.82, 2.24) is 10.6 Å². The van der Waals surface area contributed by atoms with Crippen molar-refractivity contribution in [2.24, 2.45) is 0 Å². The fourth-order valence-corrected chi connectivity index (χ4v) is 2.07. The van der Waals surface area contributed by atoms with Gasteiger partial charge in [-0.1, -0.05) is 32.9 Å². The SMILES string of the molecule is CCNCc1cccc(OC(C)C(=O)NC(CC)CC)c1. The van der Waals surface area contributed by atoms with Crippen LogP contribution in [0.3, 0.4) is 0 Å². The normalized spacial score (nSPS) is 12.2. The Kier molecular flexibility index (Phi) is 7.83. The molecular formula is C17H28N2O2. The number of carbonyl (C=O) groups is 1. The maximum atomic E-state index is 12.1. The van der Waals surface area contributed by atoms with E-state index in [1.54, 1.807) is 6.92 Å². The first kappa shape index (κ1) is 17.5. The van der Waals surface area contributed by atoms with Crippen LogP contribution >= 0.6 is 0 Å². The second kappa shape index (κ2) is 9.40. The van der Waals surface area contributed by atoms with Crippen molar-refractivity contribution >= 4 is 5.91 Å². The van der Waals surface area contributed by atoms with Gasteiger partial charge >= 0.3 is 0 Å². The number of benzene rings is 1. The van der Waals surface area contributed by atoms with Gasteiger partial charge < -0.3 is 15.4 Å². The van der Waals surface area contributed by atoms with Crippen molar-refractivity contribution in [3.05, 3.63) is 29.8 Å². The summed E-state index contributed by atoms with van der Waals surface area (Å²) in [7, 11) is 0. The minimum atomic E-state index is -0.486. The van der Waals surface area contributed by atoms with E-state index in [1.165, 1.54) is 0 Å². The van der Waals surface area contributed by atoms with Crippen LogP contribution in [0, 0.1) is 0 Å². The lowest BCUT2D eigenvalue weighted by molar-refractivity contribution is -0.128. The van der Waals surface area contributed by atoms with Gasteiger partial charge in [0, 0.05) is 12.6 Å². The Hall–Kier alpha value is -1.55. The maximum Gasteiger partial charge on any atom is 0.260 e. The zero-order valence-corrected chi connectivity index (χ0v) is 13.6. The van der Waals surface area contributed by atoms with Crippen molar-refractivity contribution < 1.29 is 9.53 Å². The van der Waals surface area contributed by atoms with E-state index in [2.05, 4.69) is 31.4 Å². The number of amides is 1. The second-order valence-corrected chi connectivity index (χ2v) is 5.21. The van der Waals surface area contributed by atoms with Crippen molar-refractivity contribution in [3.63, 3.8) is 0 Å². The highest BCUT2D eigenvalue weighted by Gasteiger charge is 2.17. The van der Waals surface area contributed by atoms with Crippen molar-refractivity contribution in [1.29, 1.82) is 0 Å². The lowest BCUT2D eigenvalue weighted by Crippen LogP contribution is -2.42. The summed E-state index contributed by atoms with van der Waals surface area (Å²) in [4.78, 5) is 12.1. The highest BCUT2D eigenvalue weighted by Crippen LogP contribution is 2.15. The number of nitrogens with one attached hydrogen (secondary N) is 2. The van der Waals surface area contributed by atoms with E-state index < -0.39 is 6.10 Å². The van der Waals surface area contributed by atoms with Crippen LogP contribution in [0.2, 0.25) is 0 Å². The zero-order valence-electron chi connectivity index (χ0n) is 13.6. The van der Waals surface area contributed by atoms with Crippen LogP contribution in [0.25, 0.3) is 0 Å². The summed E-state index contributed by atoms with van der Waals surface area (Å²) in [6.07, 6.45) is 1.39. The van der Waals surface area contributed by atoms with Crippen LogP contribution in [0.4, 0.5) is 0 Å². The van der Waals surface area contributed by atoms with E-state index in [0.29, 0.717) is 0 Å². The first-order valence-electron chi connectivity index (χ1n) is 7.87. The van der Waals surface area contributed by atoms with Gasteiger partial charge in [-0.2, -0.15) is 0 Å². The molecule has 1 unspecified atom stereocenters. The molecule has 0 aliphatic rings. The third-order valence-corrected chi connectivity index (χ3v) is 3.49. The average molecular weight is 292 g/mol. The van der Waals surface area contributed by atoms with Crippen LogP contribution in [0.15, 0.2) is 24.3 Å². The van der Waals surface area contributed by atoms with E-state index in [-0.39, 0.29) is 11.9 Å². The summed E-state index contributed by atoms with van der Waals surface area (Å²) in [6.45, 7) is 9.75. The Labute approximate surface area is 128 Å². The van der Waals surface area contributed by atoms with E-state index in [1.807, 2.05) is 24.3 Å². The van der Waals surface area contributed by atoms with E-state index in [0.717, 1.165) is 37.2 Å². The van der Waals surface area contributed by atoms with Gasteiger partial charge in [0.25, 0.3) is 5.91 Å². The van der Waals surface area contributed by atoms with Gasteiger partial charge in [0.1, 0.15) is 5.75 Å². The molecule has 0 heterocycles. The zero-order chi connectivity index (χ0) is 15.7. The molecule has 0 aromatic heterocycles. The average Bonchev–Trinajstić information content (AvgIpc) is 2.50. The van der Waals surface area contributed by atoms with Crippen LogP contribution in [-0.2, 0) is 11.3 Å². The predicted molar refractivity (Wildman–Crippen MR) is 86.4 cm³/mol. The van der Waals surface area contributed by atoms with Crippen LogP contribution in [-0.4, -0.2) is 24.6 Å². The molecule has 4 heteroatoms. The van der Waals surface area contributed by atoms with Crippen LogP contribution < -0.4 is 15.4 Å². The number of hydrogen-bond donors (Lipinski definition) is 2. The quantitative estimate of drug-likeness (QED) is 0.736. The lowest BCUT2D eigenvalue weighted by Gasteiger charge is -2.19. The molecule has 21 heavy (non-hydrogen) atoms. The highest BCUT2D eigenvalue weighted by atomic mass is 16.5. The first-order chi connectivity index (χ1) is 10.1. The van der Waals surface area contributed by atoms with Gasteiger partial charge in [0.05, 0.1) is 0 Å². The molecule has 1 aromatic rings. The molecule has 0 saturated carbocycles. The Morgan fingerprint density at radius 3 is 2.57 bits per heavy atom. The summed E-state index contributed by atoms with van der Waals surface area (Å²) in [6, 6.07) is 8.08. The van der Waals surface area contributed by atoms with E-state index >= 15 is 0 Å². The monoisotopic (exact) mass is 292 g/mol. The van der Waals surface area contributed by atoms with Gasteiger partial charge in [-0.05, 0) is 44.0 Å². The van der Waals surface area contributed by atoms with Gasteiger partial charge in [0.15, 0.2) is 6.10 Å². The van der Waals surface area contributed by atoms with Gasteiger partial charge in [-0.15, -0.1) is 0 Å². The third-order valence-electron chi connectivity index (χ3n) is 3.49. The molecule has 0 spiro atoms. The Morgan fingerprint density at radius 1 is 1.24 bits per heavy atom. The molecule has 2 N–H and O–H groups in total. The molecule has 0 aliphatic heterocycles. The third kappa shape index (κ3) is 6.17. The fraction of sp³-hybridized carbons (Fsp3) is 0.588. The Bertz CT molecular complexity index is 431. The summed E-state index contributed by atoms with van der Waals surface area (Å²) >= 11 is 0. The molecule has 0 bridgehead atoms. The largest absolute Gasteiger partial charge is 0.481 e. The van der Waals surface area contributed by atoms with Crippen molar-refractivity contribution in [3.8, 4) is 5.75 Å². The lowest BCUT2D eigenvalue weighted by atomic mass is 10.1. The first-order valence-corrected chi connectivity index (χ1v) is 7.87. The molecule has 1 rings (SSSR count). The molecule has 1 atom stereocenters. The summed E-state index contributed by atoms with van der Waals surface area (Å²) in [5.41, 5.74) is 1.15. The van der Waals surface area contributed by atoms with Gasteiger partial charge in [-0.3, -0.25) is 4.79 Å². The molecule has 0 aliphatic carbocycles. The van der Waals surface area contributed by atoms with Crippen LogP contribution in [0.5, 0.6) is 5.75 Å². The van der Waals surface area contributed by atoms with Gasteiger partial charge in [0.2, 0.25) is 0 Å². The predicted octanol–water partition coefficient (Wildman–Crippen LogP) is 2.87. The number of ether oxygens (including phenoxy) is 1. The van der Waals surface area contributed by atoms with Gasteiger partial charge in [-0.25, -0.2) is 0 Å². The summed E-state index contributed by atoms with van der Waals surface area (Å²) in [5, 5.41) is 6.28. The minimum absolute atomic E-state index is 0.0548. The smallest absolute Gasteiger partial charge is 0.260 e. The molecule has 0 saturated heterocycles. The van der Waals surface area contributed by atoms with E-state index in [9.17, 15) is 4.79 Å². The molecule has 0 fully saturated rings. The maximum absolute atomic E-state index is 12.1. The molecule has 4 nitrogen and oxygen atoms in total. The van der Waals surface area contributed by atoms with Crippen LogP contribution in [0.1, 0.15) is 46.1 Å². The molecule has 1 aromatic carbocycles. The number of hydrogen-bond acceptors (Lipinski definition) is 3. The summed E-state index contributed by atoms with van der Waals surface area (Å²) in [5.74, 6) is 0.679. The summed E-state index contributed by atoms with van der Waals surface area (Å²) < 4.78 is 5.75. The highest BCUT2D eigenvalue weighted by molar-refractivity contribution is 5.81. The Balaban J connectivity index is 2.57. The number of carbonyl (C=O) groups excluding carboxylic acids is 1. The minimum Gasteiger partial charge on any atom is -0.481 e. The molecule has 1 amide bonds. The topological polar surface area (TPSA) is 50.4 Å². The number of rotatable bonds is 9. The Morgan fingerprint density at radius 2 is 1.95 bits per heavy atom. The fourth-order valence-electron chi connectivity index (χ4n) is 2.07.